The Bertz CT molecular complexity index is 1200. The lowest BCUT2D eigenvalue weighted by atomic mass is 10.1. The molecule has 0 saturated carbocycles. The highest BCUT2D eigenvalue weighted by Gasteiger charge is 2.14. The Morgan fingerprint density at radius 1 is 1.04 bits per heavy atom. The van der Waals surface area contributed by atoms with Crippen LogP contribution in [0.4, 0.5) is 5.82 Å². The van der Waals surface area contributed by atoms with E-state index in [1.165, 1.54) is 0 Å². The number of rotatable bonds is 4. The van der Waals surface area contributed by atoms with Crippen molar-refractivity contribution < 1.29 is 9.53 Å². The zero-order chi connectivity index (χ0) is 18.8. The summed E-state index contributed by atoms with van der Waals surface area (Å²) in [6, 6.07) is 17.9. The number of hydrogen-bond donors (Lipinski definition) is 1. The molecule has 4 aromatic rings. The molecule has 2 aromatic carbocycles. The maximum absolute atomic E-state index is 12.9. The number of benzene rings is 2. The fraction of sp³-hybridized carbons (Fsp3) is 0.0952. The minimum atomic E-state index is -0.223. The molecule has 1 N–H and O–H groups in total. The van der Waals surface area contributed by atoms with E-state index in [0.717, 1.165) is 0 Å². The first kappa shape index (κ1) is 16.8. The van der Waals surface area contributed by atoms with E-state index in [-0.39, 0.29) is 17.9 Å². The smallest absolute Gasteiger partial charge is 0.245 e. The van der Waals surface area contributed by atoms with Gasteiger partial charge in [-0.1, -0.05) is 18.2 Å². The molecule has 0 unspecified atom stereocenters. The Labute approximate surface area is 155 Å². The van der Waals surface area contributed by atoms with Crippen molar-refractivity contribution in [1.29, 1.82) is 0 Å². The number of para-hydroxylation sites is 1. The number of ether oxygens (including phenoxy) is 1. The molecule has 6 nitrogen and oxygen atoms in total. The fourth-order valence-electron chi connectivity index (χ4n) is 3.17. The van der Waals surface area contributed by atoms with Gasteiger partial charge in [0.15, 0.2) is 5.43 Å². The van der Waals surface area contributed by atoms with E-state index < -0.39 is 0 Å². The quantitative estimate of drug-likeness (QED) is 0.568. The predicted molar refractivity (Wildman–Crippen MR) is 105 cm³/mol. The third-order valence-corrected chi connectivity index (χ3v) is 4.41. The van der Waals surface area contributed by atoms with Crippen LogP contribution in [0.15, 0.2) is 71.7 Å². The second-order valence-corrected chi connectivity index (χ2v) is 6.08. The maximum atomic E-state index is 12.9. The lowest BCUT2D eigenvalue weighted by Crippen LogP contribution is -2.22. The summed E-state index contributed by atoms with van der Waals surface area (Å²) in [5.74, 6) is 0.859. The zero-order valence-electron chi connectivity index (χ0n) is 14.7. The van der Waals surface area contributed by atoms with Crippen LogP contribution in [-0.2, 0) is 11.3 Å². The molecule has 0 fully saturated rings. The van der Waals surface area contributed by atoms with Gasteiger partial charge in [0.25, 0.3) is 0 Å². The number of anilines is 1. The van der Waals surface area contributed by atoms with Crippen LogP contribution in [0.5, 0.6) is 5.75 Å². The van der Waals surface area contributed by atoms with Gasteiger partial charge in [-0.3, -0.25) is 9.59 Å². The number of carbonyl (C=O) groups excluding carboxylic acids is 1. The largest absolute Gasteiger partial charge is 0.497 e. The lowest BCUT2D eigenvalue weighted by Gasteiger charge is -2.15. The van der Waals surface area contributed by atoms with Crippen LogP contribution in [0.3, 0.4) is 0 Å². The minimum absolute atomic E-state index is 0.0558. The van der Waals surface area contributed by atoms with Crippen LogP contribution < -0.4 is 15.5 Å². The van der Waals surface area contributed by atoms with Crippen molar-refractivity contribution in [1.82, 2.24) is 9.55 Å². The summed E-state index contributed by atoms with van der Waals surface area (Å²) in [5.41, 5.74) is 1.30. The number of hydrogen-bond acceptors (Lipinski definition) is 4. The molecular formula is C21H17N3O3. The SMILES string of the molecule is COc1ccc2c(c1)c(=O)c1ccccc1n2CC(=O)Nc1ccccn1. The summed E-state index contributed by atoms with van der Waals surface area (Å²) in [5, 5.41) is 3.86. The summed E-state index contributed by atoms with van der Waals surface area (Å²) in [7, 11) is 1.56. The predicted octanol–water partition coefficient (Wildman–Crippen LogP) is 3.20. The molecule has 0 atom stereocenters. The van der Waals surface area contributed by atoms with Crippen molar-refractivity contribution in [3.8, 4) is 5.75 Å². The Hall–Kier alpha value is -3.67. The summed E-state index contributed by atoms with van der Waals surface area (Å²) >= 11 is 0. The molecule has 0 spiro atoms. The number of nitrogens with one attached hydrogen (secondary N) is 1. The highest BCUT2D eigenvalue weighted by molar-refractivity contribution is 5.97. The molecule has 27 heavy (non-hydrogen) atoms. The van der Waals surface area contributed by atoms with Gasteiger partial charge in [0.05, 0.1) is 18.1 Å². The first-order valence-corrected chi connectivity index (χ1v) is 8.47. The summed E-state index contributed by atoms with van der Waals surface area (Å²) in [4.78, 5) is 29.6. The van der Waals surface area contributed by atoms with E-state index in [9.17, 15) is 9.59 Å². The maximum Gasteiger partial charge on any atom is 0.245 e. The Morgan fingerprint density at radius 2 is 1.81 bits per heavy atom. The molecule has 6 heteroatoms. The average molecular weight is 359 g/mol. The fourth-order valence-corrected chi connectivity index (χ4v) is 3.17. The monoisotopic (exact) mass is 359 g/mol. The van der Waals surface area contributed by atoms with Gasteiger partial charge >= 0.3 is 0 Å². The molecule has 2 aromatic heterocycles. The number of carbonyl (C=O) groups is 1. The second kappa shape index (κ2) is 6.92. The van der Waals surface area contributed by atoms with Gasteiger partial charge in [0, 0.05) is 17.0 Å². The Morgan fingerprint density at radius 3 is 2.59 bits per heavy atom. The second-order valence-electron chi connectivity index (χ2n) is 6.08. The molecule has 0 bridgehead atoms. The van der Waals surface area contributed by atoms with Crippen LogP contribution in [-0.4, -0.2) is 22.6 Å². The molecule has 0 saturated heterocycles. The molecule has 0 aliphatic carbocycles. The number of fused-ring (bicyclic) bond motifs is 2. The number of pyridine rings is 2. The summed E-state index contributed by atoms with van der Waals surface area (Å²) in [6.07, 6.45) is 1.62. The van der Waals surface area contributed by atoms with Gasteiger partial charge in [-0.25, -0.2) is 4.98 Å². The van der Waals surface area contributed by atoms with Crippen molar-refractivity contribution in [3.05, 3.63) is 77.1 Å². The number of methoxy groups -OCH3 is 1. The lowest BCUT2D eigenvalue weighted by molar-refractivity contribution is -0.116. The van der Waals surface area contributed by atoms with Crippen LogP contribution in [0, 0.1) is 0 Å². The normalized spacial score (nSPS) is 10.9. The van der Waals surface area contributed by atoms with E-state index in [0.29, 0.717) is 33.4 Å². The van der Waals surface area contributed by atoms with Crippen molar-refractivity contribution in [3.63, 3.8) is 0 Å². The highest BCUT2D eigenvalue weighted by atomic mass is 16.5. The Kier molecular flexibility index (Phi) is 4.30. The van der Waals surface area contributed by atoms with E-state index in [2.05, 4.69) is 10.3 Å². The van der Waals surface area contributed by atoms with E-state index in [1.54, 1.807) is 55.8 Å². The third kappa shape index (κ3) is 3.13. The van der Waals surface area contributed by atoms with Crippen LogP contribution >= 0.6 is 0 Å². The molecular weight excluding hydrogens is 342 g/mol. The third-order valence-electron chi connectivity index (χ3n) is 4.41. The molecule has 134 valence electrons. The highest BCUT2D eigenvalue weighted by Crippen LogP contribution is 2.23. The summed E-state index contributed by atoms with van der Waals surface area (Å²) < 4.78 is 7.09. The molecule has 4 rings (SSSR count). The molecule has 1 amide bonds. The van der Waals surface area contributed by atoms with E-state index in [1.807, 2.05) is 22.8 Å². The number of aromatic nitrogens is 2. The van der Waals surface area contributed by atoms with Crippen molar-refractivity contribution in [2.45, 2.75) is 6.54 Å². The van der Waals surface area contributed by atoms with Gasteiger partial charge in [-0.05, 0) is 42.5 Å². The number of amides is 1. The van der Waals surface area contributed by atoms with Gasteiger partial charge < -0.3 is 14.6 Å². The van der Waals surface area contributed by atoms with Crippen molar-refractivity contribution >= 4 is 33.5 Å². The van der Waals surface area contributed by atoms with Crippen LogP contribution in [0.2, 0.25) is 0 Å². The molecule has 0 radical (unpaired) electrons. The minimum Gasteiger partial charge on any atom is -0.497 e. The first-order chi connectivity index (χ1) is 13.2. The van der Waals surface area contributed by atoms with Crippen molar-refractivity contribution in [2.75, 3.05) is 12.4 Å². The topological polar surface area (TPSA) is 73.2 Å². The standard InChI is InChI=1S/C21H17N3O3/c1-27-14-9-10-18-16(12-14)21(26)15-6-2-3-7-17(15)24(18)13-20(25)23-19-8-4-5-11-22-19/h2-12H,13H2,1H3,(H,22,23,25). The van der Waals surface area contributed by atoms with Gasteiger partial charge in [-0.2, -0.15) is 0 Å². The van der Waals surface area contributed by atoms with E-state index >= 15 is 0 Å². The van der Waals surface area contributed by atoms with Crippen molar-refractivity contribution in [2.24, 2.45) is 0 Å². The molecule has 0 aliphatic heterocycles. The van der Waals surface area contributed by atoms with Crippen LogP contribution in [0.25, 0.3) is 21.8 Å². The summed E-state index contributed by atoms with van der Waals surface area (Å²) in [6.45, 7) is 0.0558. The molecule has 2 heterocycles. The van der Waals surface area contributed by atoms with Crippen LogP contribution in [0.1, 0.15) is 0 Å². The van der Waals surface area contributed by atoms with Gasteiger partial charge in [0.2, 0.25) is 5.91 Å². The molecule has 0 aliphatic rings. The zero-order valence-corrected chi connectivity index (χ0v) is 14.7. The average Bonchev–Trinajstić information content (AvgIpc) is 2.71. The van der Waals surface area contributed by atoms with Gasteiger partial charge in [0.1, 0.15) is 18.1 Å². The Balaban J connectivity index is 1.86. The van der Waals surface area contributed by atoms with Gasteiger partial charge in [-0.15, -0.1) is 0 Å². The number of nitrogens with zero attached hydrogens (tertiary/aromatic N) is 2. The van der Waals surface area contributed by atoms with E-state index in [4.69, 9.17) is 4.74 Å². The first-order valence-electron chi connectivity index (χ1n) is 8.47.